The molecule has 0 spiro atoms. The predicted molar refractivity (Wildman–Crippen MR) is 127 cm³/mol. The zero-order valence-corrected chi connectivity index (χ0v) is 18.5. The number of methoxy groups -OCH3 is 2. The monoisotopic (exact) mass is 442 g/mol. The lowest BCUT2D eigenvalue weighted by molar-refractivity contribution is 0.394. The Morgan fingerprint density at radius 3 is 2.52 bits per heavy atom. The van der Waals surface area contributed by atoms with Crippen LogP contribution in [0.3, 0.4) is 0 Å². The van der Waals surface area contributed by atoms with E-state index in [1.807, 2.05) is 48.5 Å². The van der Waals surface area contributed by atoms with E-state index >= 15 is 0 Å². The van der Waals surface area contributed by atoms with Crippen molar-refractivity contribution in [1.29, 1.82) is 0 Å². The number of fused-ring (bicyclic) bond motifs is 1. The zero-order chi connectivity index (χ0) is 22.8. The average molecular weight is 442 g/mol. The van der Waals surface area contributed by atoms with Crippen molar-refractivity contribution in [2.45, 2.75) is 0 Å². The normalized spacial score (nSPS) is 12.8. The summed E-state index contributed by atoms with van der Waals surface area (Å²) < 4.78 is 12.7. The highest BCUT2D eigenvalue weighted by Crippen LogP contribution is 2.33. The number of hydrogen-bond donors (Lipinski definition) is 0. The smallest absolute Gasteiger partial charge is 0.180 e. The summed E-state index contributed by atoms with van der Waals surface area (Å²) in [5.41, 5.74) is 3.65. The number of ether oxygens (including phenoxy) is 2. The van der Waals surface area contributed by atoms with Crippen LogP contribution in [0.4, 0.5) is 11.5 Å². The van der Waals surface area contributed by atoms with E-state index in [9.17, 15) is 0 Å². The fourth-order valence-corrected chi connectivity index (χ4v) is 3.55. The van der Waals surface area contributed by atoms with Crippen molar-refractivity contribution in [1.82, 2.24) is 24.7 Å². The molecule has 33 heavy (non-hydrogen) atoms. The summed E-state index contributed by atoms with van der Waals surface area (Å²) in [6, 6.07) is 9.48. The molecule has 0 radical (unpaired) electrons. The quantitative estimate of drug-likeness (QED) is 0.433. The molecule has 10 nitrogen and oxygen atoms in total. The first kappa shape index (κ1) is 20.6. The second-order valence-electron chi connectivity index (χ2n) is 7.40. The Labute approximate surface area is 190 Å². The number of amidine groups is 1. The molecule has 4 heterocycles. The highest BCUT2D eigenvalue weighted by Gasteiger charge is 2.18. The van der Waals surface area contributed by atoms with Gasteiger partial charge < -0.3 is 14.4 Å². The third-order valence-electron chi connectivity index (χ3n) is 5.21. The minimum absolute atomic E-state index is 0.432. The minimum Gasteiger partial charge on any atom is -0.497 e. The van der Waals surface area contributed by atoms with Crippen LogP contribution in [0.2, 0.25) is 0 Å². The lowest BCUT2D eigenvalue weighted by atomic mass is 10.2. The Hall–Kier alpha value is -4.34. The van der Waals surface area contributed by atoms with Crippen LogP contribution < -0.4 is 14.4 Å². The summed E-state index contributed by atoms with van der Waals surface area (Å²) in [6.45, 7) is 1.01. The number of rotatable bonds is 7. The Morgan fingerprint density at radius 2 is 1.85 bits per heavy atom. The number of anilines is 2. The summed E-state index contributed by atoms with van der Waals surface area (Å²) in [5, 5.41) is 4.22. The van der Waals surface area contributed by atoms with Crippen molar-refractivity contribution < 1.29 is 9.47 Å². The van der Waals surface area contributed by atoms with Gasteiger partial charge in [-0.1, -0.05) is 0 Å². The van der Waals surface area contributed by atoms with E-state index in [1.54, 1.807) is 37.5 Å². The van der Waals surface area contributed by atoms with Crippen molar-refractivity contribution in [2.75, 3.05) is 32.2 Å². The molecule has 166 valence electrons. The van der Waals surface area contributed by atoms with E-state index in [2.05, 4.69) is 20.1 Å². The van der Waals surface area contributed by atoms with E-state index < -0.39 is 0 Å². The second-order valence-corrected chi connectivity index (χ2v) is 7.40. The highest BCUT2D eigenvalue weighted by molar-refractivity contribution is 5.98. The van der Waals surface area contributed by atoms with Gasteiger partial charge in [0, 0.05) is 43.2 Å². The highest BCUT2D eigenvalue weighted by atomic mass is 16.5. The van der Waals surface area contributed by atoms with Gasteiger partial charge in [-0.2, -0.15) is 5.10 Å². The number of aliphatic imine (C=N–C) groups is 2. The summed E-state index contributed by atoms with van der Waals surface area (Å²) in [6.07, 6.45) is 7.17. The Morgan fingerprint density at radius 1 is 1.03 bits per heavy atom. The second kappa shape index (κ2) is 8.65. The Bertz CT molecular complexity index is 1360. The van der Waals surface area contributed by atoms with Gasteiger partial charge in [0.05, 0.1) is 51.1 Å². The molecule has 5 rings (SSSR count). The van der Waals surface area contributed by atoms with E-state index in [-0.39, 0.29) is 0 Å². The first-order valence-electron chi connectivity index (χ1n) is 10.3. The first-order valence-corrected chi connectivity index (χ1v) is 10.3. The van der Waals surface area contributed by atoms with Gasteiger partial charge in [-0.25, -0.2) is 15.0 Å². The summed E-state index contributed by atoms with van der Waals surface area (Å²) in [7, 11) is 5.11. The Kier molecular flexibility index (Phi) is 5.39. The van der Waals surface area contributed by atoms with Gasteiger partial charge in [0.1, 0.15) is 28.7 Å². The standard InChI is InChI=1S/C23H22N8O2/c1-30-13-15(11-27-30)20-12-26-19-4-5-22(29-23(19)28-20)31(14-21-24-6-7-25-21)16-8-17(32-2)10-18(9-16)33-3/h4-6,8-13H,7,14H2,1-3H3. The average Bonchev–Trinajstić information content (AvgIpc) is 3.53. The van der Waals surface area contributed by atoms with Crippen molar-refractivity contribution in [2.24, 2.45) is 17.0 Å². The van der Waals surface area contributed by atoms with Crippen LogP contribution in [0.5, 0.6) is 11.5 Å². The number of nitrogens with zero attached hydrogens (tertiary/aromatic N) is 8. The van der Waals surface area contributed by atoms with Gasteiger partial charge in [0.15, 0.2) is 5.65 Å². The molecular formula is C23H22N8O2. The molecular weight excluding hydrogens is 420 g/mol. The maximum absolute atomic E-state index is 5.47. The molecule has 0 fully saturated rings. The van der Waals surface area contributed by atoms with Crippen molar-refractivity contribution >= 4 is 34.7 Å². The lowest BCUT2D eigenvalue weighted by Crippen LogP contribution is -2.25. The van der Waals surface area contributed by atoms with Gasteiger partial charge in [-0.3, -0.25) is 14.7 Å². The predicted octanol–water partition coefficient (Wildman–Crippen LogP) is 3.06. The third-order valence-corrected chi connectivity index (χ3v) is 5.21. The maximum atomic E-state index is 5.47. The van der Waals surface area contributed by atoms with E-state index in [0.717, 1.165) is 11.3 Å². The summed E-state index contributed by atoms with van der Waals surface area (Å²) in [5.74, 6) is 2.74. The topological polar surface area (TPSA) is 103 Å². The van der Waals surface area contributed by atoms with Gasteiger partial charge >= 0.3 is 0 Å². The van der Waals surface area contributed by atoms with Gasteiger partial charge in [0.25, 0.3) is 0 Å². The molecule has 4 aromatic rings. The molecule has 3 aromatic heterocycles. The summed E-state index contributed by atoms with van der Waals surface area (Å²) in [4.78, 5) is 24.9. The number of benzene rings is 1. The molecule has 0 aliphatic carbocycles. The molecule has 0 unspecified atom stereocenters. The van der Waals surface area contributed by atoms with Crippen molar-refractivity contribution in [3.8, 4) is 22.8 Å². The molecule has 0 saturated carbocycles. The van der Waals surface area contributed by atoms with Crippen LogP contribution in [0.1, 0.15) is 0 Å². The molecule has 1 aromatic carbocycles. The van der Waals surface area contributed by atoms with Crippen LogP contribution in [0.15, 0.2) is 58.9 Å². The number of aromatic nitrogens is 5. The maximum Gasteiger partial charge on any atom is 0.180 e. The van der Waals surface area contributed by atoms with E-state index in [1.165, 1.54) is 0 Å². The molecule has 10 heteroatoms. The number of pyridine rings is 1. The number of hydrogen-bond acceptors (Lipinski definition) is 9. The first-order chi connectivity index (χ1) is 16.1. The molecule has 0 amide bonds. The van der Waals surface area contributed by atoms with Crippen molar-refractivity contribution in [3.05, 3.63) is 48.9 Å². The van der Waals surface area contributed by atoms with E-state index in [4.69, 9.17) is 19.4 Å². The summed E-state index contributed by atoms with van der Waals surface area (Å²) >= 11 is 0. The molecule has 1 aliphatic heterocycles. The fraction of sp³-hybridized carbons (Fsp3) is 0.217. The minimum atomic E-state index is 0.432. The van der Waals surface area contributed by atoms with Crippen LogP contribution >= 0.6 is 0 Å². The van der Waals surface area contributed by atoms with Crippen molar-refractivity contribution in [3.63, 3.8) is 0 Å². The molecule has 0 bridgehead atoms. The SMILES string of the molecule is COc1cc(OC)cc(N(CC2=NCC=N2)c2ccc3ncc(-c4cnn(C)c4)nc3n2)c1. The lowest BCUT2D eigenvalue weighted by Gasteiger charge is -2.24. The van der Waals surface area contributed by atoms with Crippen LogP contribution in [0.25, 0.3) is 22.4 Å². The van der Waals surface area contributed by atoms with Gasteiger partial charge in [0.2, 0.25) is 0 Å². The molecule has 0 N–H and O–H groups in total. The third kappa shape index (κ3) is 4.22. The fourth-order valence-electron chi connectivity index (χ4n) is 3.55. The van der Waals surface area contributed by atoms with Gasteiger partial charge in [-0.05, 0) is 12.1 Å². The van der Waals surface area contributed by atoms with Gasteiger partial charge in [-0.15, -0.1) is 0 Å². The van der Waals surface area contributed by atoms with Crippen LogP contribution in [-0.4, -0.2) is 64.1 Å². The van der Waals surface area contributed by atoms with Crippen LogP contribution in [-0.2, 0) is 7.05 Å². The largest absolute Gasteiger partial charge is 0.497 e. The molecule has 0 saturated heterocycles. The number of aryl methyl sites for hydroxylation is 1. The van der Waals surface area contributed by atoms with Crippen LogP contribution in [0, 0.1) is 0 Å². The zero-order valence-electron chi connectivity index (χ0n) is 18.5. The Balaban J connectivity index is 1.60. The molecule has 1 aliphatic rings. The van der Waals surface area contributed by atoms with E-state index in [0.29, 0.717) is 53.1 Å². The molecule has 0 atom stereocenters.